The lowest BCUT2D eigenvalue weighted by atomic mass is 9.98. The molecular formula is C15H18O4. The Morgan fingerprint density at radius 3 is 2.47 bits per heavy atom. The van der Waals surface area contributed by atoms with Gasteiger partial charge >= 0.3 is 11.9 Å². The number of cyclic esters (lactones) is 2. The molecule has 0 saturated carbocycles. The molecule has 4 nitrogen and oxygen atoms in total. The molecule has 0 bridgehead atoms. The fraction of sp³-hybridized carbons (Fsp3) is 0.467. The molecule has 102 valence electrons. The Hall–Kier alpha value is -1.84. The number of allylic oxidation sites excluding steroid dienone is 6. The Balaban J connectivity index is 2.11. The van der Waals surface area contributed by atoms with Gasteiger partial charge in [0, 0.05) is 13.8 Å². The van der Waals surface area contributed by atoms with Crippen LogP contribution >= 0.6 is 0 Å². The maximum atomic E-state index is 11.9. The molecule has 1 saturated heterocycles. The Bertz CT molecular complexity index is 474. The van der Waals surface area contributed by atoms with Gasteiger partial charge in [0.05, 0.1) is 0 Å². The van der Waals surface area contributed by atoms with Crippen LogP contribution in [0.2, 0.25) is 0 Å². The van der Waals surface area contributed by atoms with E-state index >= 15 is 0 Å². The highest BCUT2D eigenvalue weighted by Crippen LogP contribution is 2.28. The van der Waals surface area contributed by atoms with E-state index in [1.807, 2.05) is 31.2 Å². The molecule has 0 radical (unpaired) electrons. The summed E-state index contributed by atoms with van der Waals surface area (Å²) in [6.45, 7) is 5.14. The Labute approximate surface area is 112 Å². The first-order valence-electron chi connectivity index (χ1n) is 6.36. The van der Waals surface area contributed by atoms with E-state index in [0.717, 1.165) is 12.0 Å². The summed E-state index contributed by atoms with van der Waals surface area (Å²) >= 11 is 0. The lowest BCUT2D eigenvalue weighted by Gasteiger charge is -2.32. The number of carbonyl (C=O) groups is 2. The second-order valence-corrected chi connectivity index (χ2v) is 5.36. The largest absolute Gasteiger partial charge is 0.422 e. The third-order valence-corrected chi connectivity index (χ3v) is 3.06. The van der Waals surface area contributed by atoms with Gasteiger partial charge in [0.2, 0.25) is 0 Å². The molecule has 2 aliphatic rings. The van der Waals surface area contributed by atoms with Gasteiger partial charge in [-0.05, 0) is 25.3 Å². The molecule has 0 aromatic heterocycles. The molecule has 0 aromatic rings. The molecule has 19 heavy (non-hydrogen) atoms. The van der Waals surface area contributed by atoms with E-state index < -0.39 is 23.6 Å². The lowest BCUT2D eigenvalue weighted by molar-refractivity contribution is -0.239. The van der Waals surface area contributed by atoms with Crippen LogP contribution in [0.25, 0.3) is 0 Å². The van der Waals surface area contributed by atoms with Crippen molar-refractivity contribution in [1.29, 1.82) is 0 Å². The summed E-state index contributed by atoms with van der Waals surface area (Å²) in [6.07, 6.45) is 9.08. The van der Waals surface area contributed by atoms with E-state index in [2.05, 4.69) is 0 Å². The number of carbonyl (C=O) groups excluding carboxylic acids is 2. The van der Waals surface area contributed by atoms with Crippen LogP contribution in [-0.2, 0) is 19.1 Å². The van der Waals surface area contributed by atoms with Crippen molar-refractivity contribution in [2.24, 2.45) is 5.92 Å². The van der Waals surface area contributed by atoms with Crippen LogP contribution in [0.15, 0.2) is 35.5 Å². The van der Waals surface area contributed by atoms with E-state index in [1.165, 1.54) is 5.57 Å². The Morgan fingerprint density at radius 2 is 1.84 bits per heavy atom. The Morgan fingerprint density at radius 1 is 1.21 bits per heavy atom. The fourth-order valence-electron chi connectivity index (χ4n) is 2.05. The summed E-state index contributed by atoms with van der Waals surface area (Å²) in [4.78, 5) is 23.7. The summed E-state index contributed by atoms with van der Waals surface area (Å²) < 4.78 is 10.2. The van der Waals surface area contributed by atoms with Gasteiger partial charge < -0.3 is 9.47 Å². The molecule has 0 unspecified atom stereocenters. The lowest BCUT2D eigenvalue weighted by Crippen LogP contribution is -2.46. The molecule has 2 rings (SSSR count). The second kappa shape index (κ2) is 5.03. The van der Waals surface area contributed by atoms with E-state index in [9.17, 15) is 9.59 Å². The summed E-state index contributed by atoms with van der Waals surface area (Å²) in [7, 11) is 0. The van der Waals surface area contributed by atoms with Gasteiger partial charge in [-0.15, -0.1) is 0 Å². The topological polar surface area (TPSA) is 52.6 Å². The van der Waals surface area contributed by atoms with Gasteiger partial charge in [-0.3, -0.25) is 9.59 Å². The standard InChI is InChI=1S/C15H18O4/c1-10-5-4-6-11(8-7-10)9-12-13(16)18-15(2,3)19-14(12)17/h4,6-8,12H,5,9H2,1-3H3. The highest BCUT2D eigenvalue weighted by Gasteiger charge is 2.43. The first kappa shape index (κ1) is 13.6. The normalized spacial score (nSPS) is 23.1. The Kier molecular flexibility index (Phi) is 3.60. The van der Waals surface area contributed by atoms with Crippen molar-refractivity contribution in [2.45, 2.75) is 39.4 Å². The predicted octanol–water partition coefficient (Wildman–Crippen LogP) is 2.66. The van der Waals surface area contributed by atoms with Crippen molar-refractivity contribution in [1.82, 2.24) is 0 Å². The minimum atomic E-state index is -1.16. The van der Waals surface area contributed by atoms with E-state index in [4.69, 9.17) is 9.47 Å². The zero-order valence-electron chi connectivity index (χ0n) is 11.4. The number of esters is 2. The molecule has 1 aliphatic heterocycles. The van der Waals surface area contributed by atoms with E-state index in [0.29, 0.717) is 6.42 Å². The van der Waals surface area contributed by atoms with E-state index in [1.54, 1.807) is 13.8 Å². The molecule has 0 N–H and O–H groups in total. The van der Waals surface area contributed by atoms with Gasteiger partial charge in [0.25, 0.3) is 5.79 Å². The van der Waals surface area contributed by atoms with Gasteiger partial charge in [-0.2, -0.15) is 0 Å². The molecule has 1 fully saturated rings. The summed E-state index contributed by atoms with van der Waals surface area (Å²) in [5.41, 5.74) is 2.16. The zero-order chi connectivity index (χ0) is 14.0. The van der Waals surface area contributed by atoms with Gasteiger partial charge in [-0.1, -0.05) is 29.9 Å². The zero-order valence-corrected chi connectivity index (χ0v) is 11.4. The van der Waals surface area contributed by atoms with Crippen LogP contribution in [0.4, 0.5) is 0 Å². The minimum Gasteiger partial charge on any atom is -0.422 e. The average molecular weight is 262 g/mol. The predicted molar refractivity (Wildman–Crippen MR) is 70.0 cm³/mol. The van der Waals surface area contributed by atoms with Gasteiger partial charge in [-0.25, -0.2) is 0 Å². The smallest absolute Gasteiger partial charge is 0.323 e. The van der Waals surface area contributed by atoms with Crippen LogP contribution < -0.4 is 0 Å². The summed E-state index contributed by atoms with van der Waals surface area (Å²) in [5.74, 6) is -3.05. The van der Waals surface area contributed by atoms with Crippen LogP contribution in [0.1, 0.15) is 33.6 Å². The molecule has 0 amide bonds. The number of hydrogen-bond acceptors (Lipinski definition) is 4. The fourth-order valence-corrected chi connectivity index (χ4v) is 2.05. The highest BCUT2D eigenvalue weighted by atomic mass is 16.7. The minimum absolute atomic E-state index is 0.314. The number of ether oxygens (including phenoxy) is 2. The quantitative estimate of drug-likeness (QED) is 0.567. The van der Waals surface area contributed by atoms with Crippen molar-refractivity contribution >= 4 is 11.9 Å². The van der Waals surface area contributed by atoms with Crippen molar-refractivity contribution in [3.8, 4) is 0 Å². The maximum Gasteiger partial charge on any atom is 0.323 e. The first-order chi connectivity index (χ1) is 8.87. The van der Waals surface area contributed by atoms with Crippen LogP contribution in [0.5, 0.6) is 0 Å². The molecule has 1 aliphatic carbocycles. The molecule has 0 spiro atoms. The van der Waals surface area contributed by atoms with Gasteiger partial charge in [0.15, 0.2) is 5.92 Å². The molecule has 4 heteroatoms. The highest BCUT2D eigenvalue weighted by molar-refractivity contribution is 5.97. The third-order valence-electron chi connectivity index (χ3n) is 3.06. The SMILES string of the molecule is CC1=CC=C(CC2C(=O)OC(C)(C)OC2=O)C=CC1. The van der Waals surface area contributed by atoms with Gasteiger partial charge in [0.1, 0.15) is 0 Å². The van der Waals surface area contributed by atoms with Crippen molar-refractivity contribution in [3.63, 3.8) is 0 Å². The van der Waals surface area contributed by atoms with Crippen LogP contribution in [0.3, 0.4) is 0 Å². The third kappa shape index (κ3) is 3.34. The maximum absolute atomic E-state index is 11.9. The van der Waals surface area contributed by atoms with Crippen molar-refractivity contribution in [3.05, 3.63) is 35.5 Å². The van der Waals surface area contributed by atoms with Crippen molar-refractivity contribution in [2.75, 3.05) is 0 Å². The molecule has 0 aromatic carbocycles. The second-order valence-electron chi connectivity index (χ2n) is 5.36. The number of rotatable bonds is 2. The molecular weight excluding hydrogens is 244 g/mol. The monoisotopic (exact) mass is 262 g/mol. The van der Waals surface area contributed by atoms with Crippen molar-refractivity contribution < 1.29 is 19.1 Å². The number of hydrogen-bond donors (Lipinski definition) is 0. The van der Waals surface area contributed by atoms with Crippen LogP contribution in [-0.4, -0.2) is 17.7 Å². The summed E-state index contributed by atoms with van der Waals surface area (Å²) in [6, 6.07) is 0. The van der Waals surface area contributed by atoms with Crippen LogP contribution in [0, 0.1) is 5.92 Å². The average Bonchev–Trinajstić information content (AvgIpc) is 2.47. The van der Waals surface area contributed by atoms with E-state index in [-0.39, 0.29) is 0 Å². The molecule has 1 heterocycles. The molecule has 0 atom stereocenters. The summed E-state index contributed by atoms with van der Waals surface area (Å²) in [5, 5.41) is 0. The first-order valence-corrected chi connectivity index (χ1v) is 6.36.